The smallest absolute Gasteiger partial charge is 0.244 e. The minimum absolute atomic E-state index is 0.0928. The Hall–Kier alpha value is -0.430. The molecular formula is C15H26N2O2S2. The van der Waals surface area contributed by atoms with Crippen molar-refractivity contribution in [2.24, 2.45) is 5.92 Å². The number of hydrogen-bond donors (Lipinski definition) is 1. The van der Waals surface area contributed by atoms with E-state index >= 15 is 0 Å². The molecular weight excluding hydrogens is 304 g/mol. The number of thiophene rings is 1. The third kappa shape index (κ3) is 3.67. The Labute approximate surface area is 132 Å². The lowest BCUT2D eigenvalue weighted by molar-refractivity contribution is 0.220. The molecule has 1 saturated heterocycles. The van der Waals surface area contributed by atoms with Crippen LogP contribution in [0.25, 0.3) is 0 Å². The Morgan fingerprint density at radius 3 is 2.76 bits per heavy atom. The van der Waals surface area contributed by atoms with Gasteiger partial charge in [0.2, 0.25) is 10.0 Å². The molecule has 0 aromatic carbocycles. The molecule has 0 spiro atoms. The third-order valence-electron chi connectivity index (χ3n) is 4.14. The number of nitrogens with zero attached hydrogens (tertiary/aromatic N) is 1. The predicted octanol–water partition coefficient (Wildman–Crippen LogP) is 2.98. The molecule has 1 aliphatic rings. The van der Waals surface area contributed by atoms with E-state index in [1.165, 1.54) is 0 Å². The summed E-state index contributed by atoms with van der Waals surface area (Å²) in [6, 6.07) is 1.94. The summed E-state index contributed by atoms with van der Waals surface area (Å²) in [7, 11) is -3.35. The monoisotopic (exact) mass is 330 g/mol. The van der Waals surface area contributed by atoms with Gasteiger partial charge in [0.1, 0.15) is 0 Å². The SMILES string of the molecule is CCNCc1cc(S(=O)(=O)N2CCC(C)CC2C)c(C)s1. The van der Waals surface area contributed by atoms with Crippen molar-refractivity contribution in [3.05, 3.63) is 15.8 Å². The quantitative estimate of drug-likeness (QED) is 0.903. The van der Waals surface area contributed by atoms with Crippen LogP contribution in [0.3, 0.4) is 0 Å². The van der Waals surface area contributed by atoms with Crippen LogP contribution in [0.4, 0.5) is 0 Å². The van der Waals surface area contributed by atoms with Gasteiger partial charge in [-0.2, -0.15) is 4.31 Å². The van der Waals surface area contributed by atoms with Crippen molar-refractivity contribution in [2.75, 3.05) is 13.1 Å². The highest BCUT2D eigenvalue weighted by Crippen LogP contribution is 2.32. The second-order valence-electron chi connectivity index (χ2n) is 6.01. The van der Waals surface area contributed by atoms with Gasteiger partial charge in [0, 0.05) is 28.9 Å². The summed E-state index contributed by atoms with van der Waals surface area (Å²) >= 11 is 1.58. The third-order valence-corrected chi connectivity index (χ3v) is 7.46. The number of piperidine rings is 1. The average molecular weight is 331 g/mol. The second kappa shape index (κ2) is 6.77. The van der Waals surface area contributed by atoms with Crippen molar-refractivity contribution < 1.29 is 8.42 Å². The van der Waals surface area contributed by atoms with Crippen LogP contribution in [0.5, 0.6) is 0 Å². The molecule has 1 fully saturated rings. The molecule has 1 aromatic heterocycles. The Morgan fingerprint density at radius 1 is 1.43 bits per heavy atom. The fourth-order valence-corrected chi connectivity index (χ4v) is 6.22. The maximum absolute atomic E-state index is 12.9. The van der Waals surface area contributed by atoms with E-state index in [2.05, 4.69) is 19.2 Å². The molecule has 0 saturated carbocycles. The van der Waals surface area contributed by atoms with Gasteiger partial charge in [-0.05, 0) is 45.2 Å². The van der Waals surface area contributed by atoms with Crippen molar-refractivity contribution in [3.63, 3.8) is 0 Å². The average Bonchev–Trinajstić information content (AvgIpc) is 2.78. The number of aryl methyl sites for hydroxylation is 1. The Bertz CT molecular complexity index is 580. The first-order valence-corrected chi connectivity index (χ1v) is 9.93. The van der Waals surface area contributed by atoms with Crippen molar-refractivity contribution in [3.8, 4) is 0 Å². The molecule has 120 valence electrons. The van der Waals surface area contributed by atoms with Gasteiger partial charge in [0.25, 0.3) is 0 Å². The van der Waals surface area contributed by atoms with Crippen LogP contribution in [0.15, 0.2) is 11.0 Å². The number of rotatable bonds is 5. The molecule has 0 aliphatic carbocycles. The highest BCUT2D eigenvalue weighted by Gasteiger charge is 2.34. The summed E-state index contributed by atoms with van der Waals surface area (Å²) in [4.78, 5) is 2.49. The largest absolute Gasteiger partial charge is 0.312 e. The van der Waals surface area contributed by atoms with Crippen molar-refractivity contribution in [2.45, 2.75) is 58.0 Å². The molecule has 21 heavy (non-hydrogen) atoms. The number of nitrogens with one attached hydrogen (secondary N) is 1. The van der Waals surface area contributed by atoms with Gasteiger partial charge in [-0.1, -0.05) is 13.8 Å². The molecule has 1 aromatic rings. The molecule has 1 N–H and O–H groups in total. The van der Waals surface area contributed by atoms with Gasteiger partial charge in [0.15, 0.2) is 0 Å². The minimum atomic E-state index is -3.35. The zero-order valence-corrected chi connectivity index (χ0v) is 15.0. The van der Waals surface area contributed by atoms with Gasteiger partial charge >= 0.3 is 0 Å². The standard InChI is InChI=1S/C15H26N2O2S2/c1-5-16-10-14-9-15(13(4)20-14)21(18,19)17-7-6-11(2)8-12(17)3/h9,11-12,16H,5-8,10H2,1-4H3. The summed E-state index contributed by atoms with van der Waals surface area (Å²) in [6.07, 6.45) is 1.91. The first-order valence-electron chi connectivity index (χ1n) is 7.68. The fourth-order valence-electron chi connectivity index (χ4n) is 2.98. The van der Waals surface area contributed by atoms with E-state index in [-0.39, 0.29) is 6.04 Å². The van der Waals surface area contributed by atoms with E-state index in [9.17, 15) is 8.42 Å². The number of hydrogen-bond acceptors (Lipinski definition) is 4. The maximum Gasteiger partial charge on any atom is 0.244 e. The van der Waals surface area contributed by atoms with Crippen LogP contribution in [-0.4, -0.2) is 31.9 Å². The lowest BCUT2D eigenvalue weighted by Gasteiger charge is -2.35. The highest BCUT2D eigenvalue weighted by molar-refractivity contribution is 7.89. The highest BCUT2D eigenvalue weighted by atomic mass is 32.2. The van der Waals surface area contributed by atoms with Crippen molar-refractivity contribution in [1.82, 2.24) is 9.62 Å². The first-order chi connectivity index (χ1) is 9.86. The molecule has 2 rings (SSSR count). The summed E-state index contributed by atoms with van der Waals surface area (Å²) in [5, 5.41) is 3.25. The van der Waals surface area contributed by atoms with E-state index in [1.807, 2.05) is 19.9 Å². The zero-order chi connectivity index (χ0) is 15.6. The topological polar surface area (TPSA) is 49.4 Å². The van der Waals surface area contributed by atoms with Gasteiger partial charge < -0.3 is 5.32 Å². The van der Waals surface area contributed by atoms with Crippen LogP contribution >= 0.6 is 11.3 Å². The van der Waals surface area contributed by atoms with E-state index in [0.717, 1.165) is 35.7 Å². The molecule has 2 atom stereocenters. The van der Waals surface area contributed by atoms with Crippen LogP contribution in [0.1, 0.15) is 43.4 Å². The molecule has 0 amide bonds. The molecule has 1 aliphatic heterocycles. The maximum atomic E-state index is 12.9. The summed E-state index contributed by atoms with van der Waals surface area (Å²) in [5.74, 6) is 0.610. The Kier molecular flexibility index (Phi) is 5.46. The fraction of sp³-hybridized carbons (Fsp3) is 0.733. The summed E-state index contributed by atoms with van der Waals surface area (Å²) < 4.78 is 27.5. The molecule has 0 bridgehead atoms. The van der Waals surface area contributed by atoms with E-state index < -0.39 is 10.0 Å². The Balaban J connectivity index is 2.25. The normalized spacial score (nSPS) is 24.4. The van der Waals surface area contributed by atoms with Crippen LogP contribution in [0, 0.1) is 12.8 Å². The summed E-state index contributed by atoms with van der Waals surface area (Å²) in [6.45, 7) is 10.4. The van der Waals surface area contributed by atoms with Gasteiger partial charge in [-0.25, -0.2) is 8.42 Å². The van der Waals surface area contributed by atoms with E-state index in [0.29, 0.717) is 17.4 Å². The minimum Gasteiger partial charge on any atom is -0.312 e. The van der Waals surface area contributed by atoms with Crippen LogP contribution in [-0.2, 0) is 16.6 Å². The van der Waals surface area contributed by atoms with Crippen LogP contribution in [0.2, 0.25) is 0 Å². The second-order valence-corrected chi connectivity index (χ2v) is 9.21. The lowest BCUT2D eigenvalue weighted by atomic mass is 9.95. The van der Waals surface area contributed by atoms with E-state index in [1.54, 1.807) is 15.6 Å². The Morgan fingerprint density at radius 2 is 2.14 bits per heavy atom. The zero-order valence-electron chi connectivity index (χ0n) is 13.3. The molecule has 4 nitrogen and oxygen atoms in total. The molecule has 2 unspecified atom stereocenters. The van der Waals surface area contributed by atoms with Gasteiger partial charge in [-0.3, -0.25) is 0 Å². The first kappa shape index (κ1) is 16.9. The lowest BCUT2D eigenvalue weighted by Crippen LogP contribution is -2.44. The predicted molar refractivity (Wildman–Crippen MR) is 88.2 cm³/mol. The summed E-state index contributed by atoms with van der Waals surface area (Å²) in [5.41, 5.74) is 0. The van der Waals surface area contributed by atoms with Crippen molar-refractivity contribution in [1.29, 1.82) is 0 Å². The van der Waals surface area contributed by atoms with Gasteiger partial charge in [0.05, 0.1) is 4.90 Å². The van der Waals surface area contributed by atoms with Crippen LogP contribution < -0.4 is 5.32 Å². The van der Waals surface area contributed by atoms with Gasteiger partial charge in [-0.15, -0.1) is 11.3 Å². The molecule has 0 radical (unpaired) electrons. The van der Waals surface area contributed by atoms with Crippen molar-refractivity contribution >= 4 is 21.4 Å². The van der Waals surface area contributed by atoms with E-state index in [4.69, 9.17) is 0 Å². The molecule has 2 heterocycles. The molecule has 6 heteroatoms. The number of sulfonamides is 1.